The maximum atomic E-state index is 11.9. The number of carbonyl (C=O) groups excluding carboxylic acids is 1. The molecule has 1 aliphatic rings. The molecule has 0 unspecified atom stereocenters. The van der Waals surface area contributed by atoms with Crippen molar-refractivity contribution in [1.29, 1.82) is 0 Å². The van der Waals surface area contributed by atoms with Crippen molar-refractivity contribution in [2.24, 2.45) is 5.92 Å². The van der Waals surface area contributed by atoms with Crippen LogP contribution >= 0.6 is 0 Å². The highest BCUT2D eigenvalue weighted by atomic mass is 16.3. The van der Waals surface area contributed by atoms with E-state index < -0.39 is 0 Å². The molecule has 0 bridgehead atoms. The van der Waals surface area contributed by atoms with Gasteiger partial charge in [0.1, 0.15) is 0 Å². The lowest BCUT2D eigenvalue weighted by atomic mass is 9.97. The van der Waals surface area contributed by atoms with Gasteiger partial charge in [-0.15, -0.1) is 0 Å². The Balaban J connectivity index is 1.85. The zero-order valence-electron chi connectivity index (χ0n) is 14.2. The average molecular weight is 316 g/mol. The molecule has 1 saturated heterocycles. The van der Waals surface area contributed by atoms with Crippen LogP contribution in [0.4, 0.5) is 5.69 Å². The largest absolute Gasteiger partial charge is 0.396 e. The third-order valence-corrected chi connectivity index (χ3v) is 4.50. The molecule has 1 aromatic carbocycles. The highest BCUT2D eigenvalue weighted by Gasteiger charge is 2.18. The number of aliphatic hydroxyl groups excluding tert-OH is 1. The van der Waals surface area contributed by atoms with Crippen molar-refractivity contribution in [3.8, 4) is 0 Å². The summed E-state index contributed by atoms with van der Waals surface area (Å²) in [6, 6.07) is 8.39. The number of amides is 1. The summed E-state index contributed by atoms with van der Waals surface area (Å²) < 4.78 is 0. The monoisotopic (exact) mass is 316 g/mol. The first-order chi connectivity index (χ1) is 11.1. The van der Waals surface area contributed by atoms with Crippen molar-refractivity contribution in [1.82, 2.24) is 5.32 Å². The number of rotatable bonds is 6. The molecule has 126 valence electrons. The first-order valence-electron chi connectivity index (χ1n) is 8.53. The summed E-state index contributed by atoms with van der Waals surface area (Å²) in [5.41, 5.74) is 3.10. The fourth-order valence-electron chi connectivity index (χ4n) is 2.92. The van der Waals surface area contributed by atoms with Gasteiger partial charge in [0, 0.05) is 37.5 Å². The maximum absolute atomic E-state index is 11.9. The number of hydrogen-bond donors (Lipinski definition) is 2. The van der Waals surface area contributed by atoms with Gasteiger partial charge in [-0.1, -0.05) is 25.1 Å². The number of hydrogen-bond acceptors (Lipinski definition) is 3. The Bertz CT molecular complexity index is 529. The SMILES string of the molecule is CC/C=C(\C)C(=O)NCc1ccc(N2CCC(CO)CC2)cc1. The smallest absolute Gasteiger partial charge is 0.246 e. The van der Waals surface area contributed by atoms with Gasteiger partial charge in [0.2, 0.25) is 5.91 Å². The number of piperidine rings is 1. The summed E-state index contributed by atoms with van der Waals surface area (Å²) in [7, 11) is 0. The molecular weight excluding hydrogens is 288 g/mol. The zero-order valence-corrected chi connectivity index (χ0v) is 14.2. The Morgan fingerprint density at radius 2 is 1.96 bits per heavy atom. The molecule has 4 heteroatoms. The van der Waals surface area contributed by atoms with E-state index in [1.54, 1.807) is 0 Å². The fourth-order valence-corrected chi connectivity index (χ4v) is 2.92. The van der Waals surface area contributed by atoms with Crippen LogP contribution in [0.1, 0.15) is 38.7 Å². The van der Waals surface area contributed by atoms with Crippen LogP contribution in [-0.4, -0.2) is 30.7 Å². The van der Waals surface area contributed by atoms with Crippen LogP contribution in [-0.2, 0) is 11.3 Å². The van der Waals surface area contributed by atoms with Crippen molar-refractivity contribution in [3.63, 3.8) is 0 Å². The number of aliphatic hydroxyl groups is 1. The molecule has 1 fully saturated rings. The van der Waals surface area contributed by atoms with E-state index in [1.165, 1.54) is 5.69 Å². The number of carbonyl (C=O) groups is 1. The number of nitrogens with one attached hydrogen (secondary N) is 1. The summed E-state index contributed by atoms with van der Waals surface area (Å²) in [4.78, 5) is 14.2. The molecule has 1 heterocycles. The molecule has 0 radical (unpaired) electrons. The van der Waals surface area contributed by atoms with E-state index in [0.717, 1.165) is 43.5 Å². The van der Waals surface area contributed by atoms with Gasteiger partial charge in [0.25, 0.3) is 0 Å². The predicted molar refractivity (Wildman–Crippen MR) is 94.4 cm³/mol. The first kappa shape index (κ1) is 17.5. The molecule has 0 atom stereocenters. The molecule has 0 spiro atoms. The second kappa shape index (κ2) is 8.73. The average Bonchev–Trinajstić information content (AvgIpc) is 2.60. The van der Waals surface area contributed by atoms with Crippen LogP contribution in [0.5, 0.6) is 0 Å². The Morgan fingerprint density at radius 3 is 2.52 bits per heavy atom. The van der Waals surface area contributed by atoms with Crippen LogP contribution in [0, 0.1) is 5.92 Å². The Morgan fingerprint density at radius 1 is 1.30 bits per heavy atom. The van der Waals surface area contributed by atoms with Crippen molar-refractivity contribution >= 4 is 11.6 Å². The number of allylic oxidation sites excluding steroid dienone is 1. The number of benzene rings is 1. The number of nitrogens with zero attached hydrogens (tertiary/aromatic N) is 1. The minimum absolute atomic E-state index is 0.00185. The topological polar surface area (TPSA) is 52.6 Å². The second-order valence-electron chi connectivity index (χ2n) is 6.26. The molecule has 2 N–H and O–H groups in total. The van der Waals surface area contributed by atoms with Crippen LogP contribution in [0.3, 0.4) is 0 Å². The van der Waals surface area contributed by atoms with E-state index in [-0.39, 0.29) is 5.91 Å². The van der Waals surface area contributed by atoms with E-state index >= 15 is 0 Å². The molecule has 0 saturated carbocycles. The quantitative estimate of drug-likeness (QED) is 0.794. The standard InChI is InChI=1S/C19H28N2O2/c1-3-4-15(2)19(23)20-13-16-5-7-18(8-6-16)21-11-9-17(14-22)10-12-21/h4-8,17,22H,3,9-14H2,1-2H3,(H,20,23)/b15-4+. The van der Waals surface area contributed by atoms with Crippen LogP contribution in [0.25, 0.3) is 0 Å². The molecule has 0 aliphatic carbocycles. The fraction of sp³-hybridized carbons (Fsp3) is 0.526. The van der Waals surface area contributed by atoms with Crippen LogP contribution < -0.4 is 10.2 Å². The van der Waals surface area contributed by atoms with Crippen molar-refractivity contribution < 1.29 is 9.90 Å². The third kappa shape index (κ3) is 5.10. The van der Waals surface area contributed by atoms with Crippen LogP contribution in [0.15, 0.2) is 35.9 Å². The summed E-state index contributed by atoms with van der Waals surface area (Å²) in [5, 5.41) is 12.2. The molecule has 1 amide bonds. The van der Waals surface area contributed by atoms with E-state index in [4.69, 9.17) is 0 Å². The highest BCUT2D eigenvalue weighted by molar-refractivity contribution is 5.92. The molecule has 1 aromatic rings. The summed E-state index contributed by atoms with van der Waals surface area (Å²) in [6.45, 7) is 6.74. The third-order valence-electron chi connectivity index (χ3n) is 4.50. The van der Waals surface area contributed by atoms with E-state index in [0.29, 0.717) is 19.1 Å². The predicted octanol–water partition coefficient (Wildman–Crippen LogP) is 2.87. The lowest BCUT2D eigenvalue weighted by molar-refractivity contribution is -0.117. The zero-order chi connectivity index (χ0) is 16.7. The van der Waals surface area contributed by atoms with E-state index in [1.807, 2.05) is 19.9 Å². The molecule has 4 nitrogen and oxygen atoms in total. The Hall–Kier alpha value is -1.81. The van der Waals surface area contributed by atoms with Gasteiger partial charge in [-0.05, 0) is 49.8 Å². The van der Waals surface area contributed by atoms with Gasteiger partial charge in [-0.2, -0.15) is 0 Å². The van der Waals surface area contributed by atoms with E-state index in [2.05, 4.69) is 34.5 Å². The van der Waals surface area contributed by atoms with Gasteiger partial charge >= 0.3 is 0 Å². The lowest BCUT2D eigenvalue weighted by Gasteiger charge is -2.33. The maximum Gasteiger partial charge on any atom is 0.246 e. The second-order valence-corrected chi connectivity index (χ2v) is 6.26. The van der Waals surface area contributed by atoms with Gasteiger partial charge in [0.15, 0.2) is 0 Å². The van der Waals surface area contributed by atoms with Gasteiger partial charge in [-0.25, -0.2) is 0 Å². The van der Waals surface area contributed by atoms with Crippen molar-refractivity contribution in [2.75, 3.05) is 24.6 Å². The molecule has 2 rings (SSSR count). The van der Waals surface area contributed by atoms with Crippen LogP contribution in [0.2, 0.25) is 0 Å². The molecule has 23 heavy (non-hydrogen) atoms. The molecular formula is C19H28N2O2. The Labute approximate surface area is 139 Å². The van der Waals surface area contributed by atoms with Gasteiger partial charge in [0.05, 0.1) is 0 Å². The first-order valence-corrected chi connectivity index (χ1v) is 8.53. The van der Waals surface area contributed by atoms with Crippen molar-refractivity contribution in [3.05, 3.63) is 41.5 Å². The summed E-state index contributed by atoms with van der Waals surface area (Å²) in [5.74, 6) is 0.460. The van der Waals surface area contributed by atoms with Gasteiger partial charge < -0.3 is 15.3 Å². The normalized spacial score (nSPS) is 16.5. The number of anilines is 1. The summed E-state index contributed by atoms with van der Waals surface area (Å²) >= 11 is 0. The minimum atomic E-state index is 0.00185. The molecule has 1 aliphatic heterocycles. The van der Waals surface area contributed by atoms with Gasteiger partial charge in [-0.3, -0.25) is 4.79 Å². The lowest BCUT2D eigenvalue weighted by Crippen LogP contribution is -2.34. The highest BCUT2D eigenvalue weighted by Crippen LogP contribution is 2.23. The van der Waals surface area contributed by atoms with Crippen molar-refractivity contribution in [2.45, 2.75) is 39.7 Å². The minimum Gasteiger partial charge on any atom is -0.396 e. The summed E-state index contributed by atoms with van der Waals surface area (Å²) in [6.07, 6.45) is 4.92. The molecule has 0 aromatic heterocycles. The Kier molecular flexibility index (Phi) is 6.66. The van der Waals surface area contributed by atoms with E-state index in [9.17, 15) is 9.90 Å².